The van der Waals surface area contributed by atoms with Crippen LogP contribution in [0.3, 0.4) is 0 Å². The molecule has 0 amide bonds. The standard InChI is InChI=1S/C20H36BN2O7P/c1-13(2)23(14(3)4)31(28-11-7-10-22)30-18-16(6)29-20(21)19(18)27-12-26-17(25)9-8-15(5)24/h13-14,16,18-20H,7-9,11-12,21H2,1-6H3/t16-,18+,19?,20-,31?/m1/s1/i6D. The number of Topliss-reactive ketones (excluding diaryl/α,β-unsaturated/α-hetero) is 1. The molecule has 1 aliphatic rings. The molecule has 31 heavy (non-hydrogen) atoms. The van der Waals surface area contributed by atoms with Crippen LogP contribution in [0.25, 0.3) is 0 Å². The minimum atomic E-state index is -1.55. The number of ketones is 1. The molecule has 0 radical (unpaired) electrons. The predicted octanol–water partition coefficient (Wildman–Crippen LogP) is 2.28. The van der Waals surface area contributed by atoms with Crippen molar-refractivity contribution < 1.29 is 34.2 Å². The maximum Gasteiger partial charge on any atom is 0.308 e. The third kappa shape index (κ3) is 9.52. The second-order valence-corrected chi connectivity index (χ2v) is 9.37. The van der Waals surface area contributed by atoms with E-state index in [9.17, 15) is 9.59 Å². The fraction of sp³-hybridized carbons (Fsp3) is 0.850. The number of nitriles is 1. The summed E-state index contributed by atoms with van der Waals surface area (Å²) in [7, 11) is 0.265. The first-order valence-corrected chi connectivity index (χ1v) is 11.7. The molecule has 176 valence electrons. The van der Waals surface area contributed by atoms with Crippen LogP contribution in [0, 0.1) is 11.3 Å². The Kier molecular flexibility index (Phi) is 11.9. The molecule has 0 saturated carbocycles. The number of esters is 1. The van der Waals surface area contributed by atoms with Gasteiger partial charge in [-0.15, -0.1) is 0 Å². The van der Waals surface area contributed by atoms with Crippen molar-refractivity contribution in [2.45, 2.75) is 97.2 Å². The zero-order chi connectivity index (χ0) is 24.3. The second kappa shape index (κ2) is 14.2. The third-order valence-electron chi connectivity index (χ3n) is 4.58. The van der Waals surface area contributed by atoms with E-state index in [0.29, 0.717) is 0 Å². The molecule has 0 N–H and O–H groups in total. The molecule has 0 aliphatic carbocycles. The molecule has 2 unspecified atom stereocenters. The Morgan fingerprint density at radius 3 is 2.48 bits per heavy atom. The number of rotatable bonds is 14. The van der Waals surface area contributed by atoms with Crippen LogP contribution >= 0.6 is 8.53 Å². The summed E-state index contributed by atoms with van der Waals surface area (Å²) >= 11 is 0. The highest BCUT2D eigenvalue weighted by molar-refractivity contribution is 7.44. The summed E-state index contributed by atoms with van der Waals surface area (Å²) in [6.45, 7) is 9.47. The monoisotopic (exact) mass is 459 g/mol. The molecule has 5 atom stereocenters. The summed E-state index contributed by atoms with van der Waals surface area (Å²) in [6, 6.07) is 1.94. The number of carbonyl (C=O) groups excluding carboxylic acids is 2. The van der Waals surface area contributed by atoms with Crippen LogP contribution in [0.4, 0.5) is 0 Å². The lowest BCUT2D eigenvalue weighted by Gasteiger charge is -2.38. The number of nitrogens with zero attached hydrogens (tertiary/aromatic N) is 2. The zero-order valence-electron chi connectivity index (χ0n) is 20.4. The van der Waals surface area contributed by atoms with Gasteiger partial charge in [0.15, 0.2) is 6.79 Å². The van der Waals surface area contributed by atoms with Crippen molar-refractivity contribution in [3.8, 4) is 6.07 Å². The van der Waals surface area contributed by atoms with E-state index >= 15 is 0 Å². The van der Waals surface area contributed by atoms with E-state index < -0.39 is 32.8 Å². The van der Waals surface area contributed by atoms with E-state index in [0.717, 1.165) is 0 Å². The van der Waals surface area contributed by atoms with E-state index in [1.807, 2.05) is 35.5 Å². The van der Waals surface area contributed by atoms with Gasteiger partial charge >= 0.3 is 5.97 Å². The average molecular weight is 459 g/mol. The number of ether oxygens (including phenoxy) is 3. The third-order valence-corrected chi connectivity index (χ3v) is 6.71. The summed E-state index contributed by atoms with van der Waals surface area (Å²) in [5.41, 5.74) is 0. The van der Waals surface area contributed by atoms with Crippen molar-refractivity contribution in [1.82, 2.24) is 4.67 Å². The van der Waals surface area contributed by atoms with Crippen molar-refractivity contribution >= 4 is 28.1 Å². The Hall–Kier alpha value is -1.08. The molecule has 0 aromatic rings. The molecule has 1 rings (SSSR count). The largest absolute Gasteiger partial charge is 0.438 e. The van der Waals surface area contributed by atoms with Gasteiger partial charge in [-0.05, 0) is 41.5 Å². The Morgan fingerprint density at radius 2 is 1.94 bits per heavy atom. The van der Waals surface area contributed by atoms with E-state index in [4.69, 9.17) is 29.9 Å². The van der Waals surface area contributed by atoms with Gasteiger partial charge in [-0.25, -0.2) is 4.67 Å². The Labute approximate surface area is 189 Å². The van der Waals surface area contributed by atoms with Crippen molar-refractivity contribution in [2.24, 2.45) is 0 Å². The molecular formula is C20H36BN2O7P. The Balaban J connectivity index is 2.88. The molecule has 11 heteroatoms. The van der Waals surface area contributed by atoms with Crippen LogP contribution in [0.2, 0.25) is 0 Å². The van der Waals surface area contributed by atoms with Gasteiger partial charge in [-0.2, -0.15) is 5.26 Å². The zero-order valence-corrected chi connectivity index (χ0v) is 20.3. The van der Waals surface area contributed by atoms with Crippen LogP contribution in [0.15, 0.2) is 0 Å². The SMILES string of the molecule is [2H]C[C@H]1O[C@@H](B)C(OCOC(=O)CCC(C)=O)[C@H]1OP(OCCC#N)N(C(C)C)C(C)C. The fourth-order valence-corrected chi connectivity index (χ4v) is 4.96. The quantitative estimate of drug-likeness (QED) is 0.127. The number of carbonyl (C=O) groups is 2. The topological polar surface area (TPSA) is 107 Å². The van der Waals surface area contributed by atoms with Gasteiger partial charge in [0.2, 0.25) is 0 Å². The second-order valence-electron chi connectivity index (χ2n) is 7.96. The first-order chi connectivity index (χ1) is 15.1. The van der Waals surface area contributed by atoms with Gasteiger partial charge in [0.05, 0.1) is 37.6 Å². The van der Waals surface area contributed by atoms with E-state index in [2.05, 4.69) is 10.7 Å². The molecule has 0 aromatic carbocycles. The summed E-state index contributed by atoms with van der Waals surface area (Å²) in [5, 5.41) is 8.89. The van der Waals surface area contributed by atoms with Gasteiger partial charge < -0.3 is 28.1 Å². The molecule has 1 fully saturated rings. The van der Waals surface area contributed by atoms with Crippen LogP contribution in [-0.4, -0.2) is 74.1 Å². The van der Waals surface area contributed by atoms with E-state index in [-0.39, 0.29) is 63.4 Å². The van der Waals surface area contributed by atoms with E-state index in [1.165, 1.54) is 6.92 Å². The van der Waals surface area contributed by atoms with Gasteiger partial charge in [0.1, 0.15) is 25.8 Å². The lowest BCUT2D eigenvalue weighted by Crippen LogP contribution is -2.40. The Bertz CT molecular complexity index is 630. The minimum absolute atomic E-state index is 0.000453. The van der Waals surface area contributed by atoms with Crippen LogP contribution in [-0.2, 0) is 32.8 Å². The average Bonchev–Trinajstić information content (AvgIpc) is 3.00. The van der Waals surface area contributed by atoms with Gasteiger partial charge in [0.25, 0.3) is 8.53 Å². The van der Waals surface area contributed by atoms with Gasteiger partial charge in [-0.1, -0.05) is 0 Å². The summed E-state index contributed by atoms with van der Waals surface area (Å²) in [5.74, 6) is -0.605. The van der Waals surface area contributed by atoms with Crippen LogP contribution in [0.1, 0.15) is 62.2 Å². The normalized spacial score (nSPS) is 24.9. The maximum atomic E-state index is 11.8. The van der Waals surface area contributed by atoms with Crippen molar-refractivity contribution in [2.75, 3.05) is 13.4 Å². The molecular weight excluding hydrogens is 422 g/mol. The lowest BCUT2D eigenvalue weighted by atomic mass is 9.93. The Morgan fingerprint density at radius 1 is 1.26 bits per heavy atom. The first-order valence-electron chi connectivity index (χ1n) is 11.3. The minimum Gasteiger partial charge on any atom is -0.438 e. The highest BCUT2D eigenvalue weighted by atomic mass is 31.2. The summed E-state index contributed by atoms with van der Waals surface area (Å²) in [6.07, 6.45) is -1.35. The molecule has 1 saturated heterocycles. The van der Waals surface area contributed by atoms with Gasteiger partial charge in [0, 0.05) is 19.9 Å². The first kappa shape index (κ1) is 26.2. The number of hydrogen-bond acceptors (Lipinski definition) is 9. The smallest absolute Gasteiger partial charge is 0.308 e. The molecule has 1 heterocycles. The molecule has 9 nitrogen and oxygen atoms in total. The predicted molar refractivity (Wildman–Crippen MR) is 119 cm³/mol. The fourth-order valence-electron chi connectivity index (χ4n) is 3.19. The highest BCUT2D eigenvalue weighted by Gasteiger charge is 2.45. The van der Waals surface area contributed by atoms with Crippen LogP contribution < -0.4 is 0 Å². The summed E-state index contributed by atoms with van der Waals surface area (Å²) in [4.78, 5) is 22.8. The molecule has 1 aliphatic heterocycles. The van der Waals surface area contributed by atoms with Crippen LogP contribution in [0.5, 0.6) is 0 Å². The van der Waals surface area contributed by atoms with Crippen molar-refractivity contribution in [3.05, 3.63) is 0 Å². The number of hydrogen-bond donors (Lipinski definition) is 0. The van der Waals surface area contributed by atoms with Crippen molar-refractivity contribution in [1.29, 1.82) is 5.26 Å². The molecule has 0 bridgehead atoms. The molecule has 0 aromatic heterocycles. The maximum absolute atomic E-state index is 11.8. The van der Waals surface area contributed by atoms with Crippen molar-refractivity contribution in [3.63, 3.8) is 0 Å². The van der Waals surface area contributed by atoms with Gasteiger partial charge in [-0.3, -0.25) is 4.79 Å². The lowest BCUT2D eigenvalue weighted by molar-refractivity contribution is -0.165. The highest BCUT2D eigenvalue weighted by Crippen LogP contribution is 2.49. The van der Waals surface area contributed by atoms with E-state index in [1.54, 1.807) is 0 Å². The summed E-state index contributed by atoms with van der Waals surface area (Å²) < 4.78 is 39.0. The molecule has 0 spiro atoms.